The van der Waals surface area contributed by atoms with Crippen molar-refractivity contribution in [1.82, 2.24) is 5.32 Å². The number of hydrogen-bond acceptors (Lipinski definition) is 3. The molecule has 0 bridgehead atoms. The van der Waals surface area contributed by atoms with Crippen LogP contribution in [-0.4, -0.2) is 11.9 Å². The number of carbonyl (C=O) groups excluding carboxylic acids is 1. The van der Waals surface area contributed by atoms with Crippen LogP contribution in [0.3, 0.4) is 0 Å². The van der Waals surface area contributed by atoms with Gasteiger partial charge in [-0.3, -0.25) is 10.7 Å². The molecule has 0 spiro atoms. The Hall–Kier alpha value is -2.62. The summed E-state index contributed by atoms with van der Waals surface area (Å²) in [5, 5.41) is 10.1. The molecule has 0 aliphatic rings. The molecule has 0 fully saturated rings. The zero-order valence-electron chi connectivity index (χ0n) is 9.51. The van der Waals surface area contributed by atoms with Crippen LogP contribution in [0.5, 0.6) is 5.75 Å². The first kappa shape index (κ1) is 11.9. The van der Waals surface area contributed by atoms with Crippen molar-refractivity contribution in [3.05, 3.63) is 66.2 Å². The van der Waals surface area contributed by atoms with Crippen molar-refractivity contribution in [2.45, 2.75) is 0 Å². The van der Waals surface area contributed by atoms with E-state index in [1.54, 1.807) is 48.5 Å². The van der Waals surface area contributed by atoms with Crippen molar-refractivity contribution in [3.63, 3.8) is 0 Å². The molecule has 4 heteroatoms. The Kier molecular flexibility index (Phi) is 3.71. The second kappa shape index (κ2) is 5.63. The smallest absolute Gasteiger partial charge is 0.410 e. The summed E-state index contributed by atoms with van der Waals surface area (Å²) in [5.41, 5.74) is 0.596. The quantitative estimate of drug-likeness (QED) is 0.625. The van der Waals surface area contributed by atoms with E-state index in [-0.39, 0.29) is 5.84 Å². The third-order valence-corrected chi connectivity index (χ3v) is 2.19. The molecular formula is C14H11N2O2. The van der Waals surface area contributed by atoms with Crippen LogP contribution in [0, 0.1) is 11.5 Å². The van der Waals surface area contributed by atoms with Gasteiger partial charge in [-0.1, -0.05) is 42.5 Å². The average Bonchev–Trinajstić information content (AvgIpc) is 2.40. The first-order chi connectivity index (χ1) is 8.75. The molecule has 18 heavy (non-hydrogen) atoms. The fourth-order valence-corrected chi connectivity index (χ4v) is 1.35. The van der Waals surface area contributed by atoms with Gasteiger partial charge in [0.05, 0.1) is 0 Å². The lowest BCUT2D eigenvalue weighted by Crippen LogP contribution is -2.32. The molecule has 0 atom stereocenters. The summed E-state index contributed by atoms with van der Waals surface area (Å²) >= 11 is 0. The van der Waals surface area contributed by atoms with Gasteiger partial charge >= 0.3 is 6.09 Å². The molecule has 0 aliphatic heterocycles. The van der Waals surface area contributed by atoms with Crippen molar-refractivity contribution in [2.75, 3.05) is 0 Å². The standard InChI is InChI=1S/C14H11N2O2/c15-13(11-7-3-1-4-8-11)16-14(17)18-12-9-5-2-6-10-12/h2-10H,(H2,15,16,17). The molecular weight excluding hydrogens is 228 g/mol. The van der Waals surface area contributed by atoms with Crippen LogP contribution in [0.25, 0.3) is 0 Å². The van der Waals surface area contributed by atoms with Crippen LogP contribution in [0.15, 0.2) is 54.6 Å². The van der Waals surface area contributed by atoms with Crippen molar-refractivity contribution in [3.8, 4) is 5.75 Å². The largest absolute Gasteiger partial charge is 0.418 e. The molecule has 1 amide bonds. The lowest BCUT2D eigenvalue weighted by molar-refractivity contribution is 0.206. The molecule has 89 valence electrons. The van der Waals surface area contributed by atoms with E-state index in [1.165, 1.54) is 0 Å². The maximum absolute atomic E-state index is 11.5. The van der Waals surface area contributed by atoms with E-state index in [0.717, 1.165) is 0 Å². The molecule has 1 radical (unpaired) electrons. The van der Waals surface area contributed by atoms with E-state index in [1.807, 2.05) is 6.07 Å². The van der Waals surface area contributed by atoms with E-state index in [2.05, 4.69) is 11.4 Å². The van der Waals surface area contributed by atoms with Crippen LogP contribution in [0.2, 0.25) is 0 Å². The van der Waals surface area contributed by atoms with E-state index >= 15 is 0 Å². The third kappa shape index (κ3) is 3.18. The molecule has 2 aromatic carbocycles. The van der Waals surface area contributed by atoms with Gasteiger partial charge in [-0.05, 0) is 18.2 Å². The molecule has 2 rings (SSSR count). The Morgan fingerprint density at radius 3 is 2.44 bits per heavy atom. The summed E-state index contributed by atoms with van der Waals surface area (Å²) in [6.07, 6.45) is -0.681. The number of hydrogen-bond donors (Lipinski definition) is 2. The van der Waals surface area contributed by atoms with Gasteiger partial charge in [0.1, 0.15) is 11.6 Å². The number of ether oxygens (including phenoxy) is 1. The summed E-state index contributed by atoms with van der Waals surface area (Å²) in [6, 6.07) is 18.3. The second-order valence-corrected chi connectivity index (χ2v) is 3.49. The predicted octanol–water partition coefficient (Wildman–Crippen LogP) is 2.60. The van der Waals surface area contributed by atoms with Crippen LogP contribution in [0.1, 0.15) is 5.56 Å². The zero-order chi connectivity index (χ0) is 12.8. The Morgan fingerprint density at radius 1 is 1.11 bits per heavy atom. The highest BCUT2D eigenvalue weighted by atomic mass is 16.6. The van der Waals surface area contributed by atoms with Gasteiger partial charge in [0.15, 0.2) is 0 Å². The number of para-hydroxylation sites is 1. The highest BCUT2D eigenvalue weighted by Crippen LogP contribution is 2.08. The molecule has 0 aromatic heterocycles. The first-order valence-corrected chi connectivity index (χ1v) is 5.34. The molecule has 4 nitrogen and oxygen atoms in total. The Bertz CT molecular complexity index is 538. The van der Waals surface area contributed by atoms with Gasteiger partial charge in [-0.15, -0.1) is 0 Å². The topological polar surface area (TPSA) is 62.2 Å². The SMILES string of the molecule is N=C(NC(=O)Oc1ccccc1)c1cc[c]cc1. The predicted molar refractivity (Wildman–Crippen MR) is 67.7 cm³/mol. The van der Waals surface area contributed by atoms with Gasteiger partial charge in [-0.2, -0.15) is 0 Å². The summed E-state index contributed by atoms with van der Waals surface area (Å²) in [4.78, 5) is 11.5. The van der Waals surface area contributed by atoms with E-state index < -0.39 is 6.09 Å². The zero-order valence-corrected chi connectivity index (χ0v) is 9.51. The number of carbonyl (C=O) groups is 1. The highest BCUT2D eigenvalue weighted by Gasteiger charge is 2.08. The molecule has 2 N–H and O–H groups in total. The fraction of sp³-hybridized carbons (Fsp3) is 0. The fourth-order valence-electron chi connectivity index (χ4n) is 1.35. The number of benzene rings is 2. The lowest BCUT2D eigenvalue weighted by Gasteiger charge is -2.07. The third-order valence-electron chi connectivity index (χ3n) is 2.19. The Morgan fingerprint density at radius 2 is 1.78 bits per heavy atom. The lowest BCUT2D eigenvalue weighted by atomic mass is 10.2. The highest BCUT2D eigenvalue weighted by molar-refractivity contribution is 6.04. The number of rotatable bonds is 2. The van der Waals surface area contributed by atoms with Gasteiger partial charge < -0.3 is 4.74 Å². The van der Waals surface area contributed by atoms with Crippen LogP contribution < -0.4 is 10.1 Å². The molecule has 0 saturated carbocycles. The van der Waals surface area contributed by atoms with Crippen LogP contribution >= 0.6 is 0 Å². The number of nitrogens with one attached hydrogen (secondary N) is 2. The van der Waals surface area contributed by atoms with Crippen molar-refractivity contribution < 1.29 is 9.53 Å². The van der Waals surface area contributed by atoms with Crippen LogP contribution in [0.4, 0.5) is 4.79 Å². The van der Waals surface area contributed by atoms with Crippen molar-refractivity contribution in [2.24, 2.45) is 0 Å². The Balaban J connectivity index is 1.94. The van der Waals surface area contributed by atoms with Crippen molar-refractivity contribution in [1.29, 1.82) is 5.41 Å². The van der Waals surface area contributed by atoms with Crippen molar-refractivity contribution >= 4 is 11.9 Å². The molecule has 2 aromatic rings. The summed E-state index contributed by atoms with van der Waals surface area (Å²) in [5.74, 6) is 0.425. The van der Waals surface area contributed by atoms with Gasteiger partial charge in [0, 0.05) is 5.56 Å². The summed E-state index contributed by atoms with van der Waals surface area (Å²) < 4.78 is 5.01. The Labute approximate surface area is 105 Å². The molecule has 0 aliphatic carbocycles. The minimum Gasteiger partial charge on any atom is -0.410 e. The monoisotopic (exact) mass is 239 g/mol. The maximum Gasteiger partial charge on any atom is 0.418 e. The minimum absolute atomic E-state index is 0.00932. The number of amidine groups is 1. The van der Waals surface area contributed by atoms with Gasteiger partial charge in [0.25, 0.3) is 0 Å². The van der Waals surface area contributed by atoms with Gasteiger partial charge in [-0.25, -0.2) is 4.79 Å². The first-order valence-electron chi connectivity index (χ1n) is 5.34. The normalized spacial score (nSPS) is 9.56. The molecule has 0 heterocycles. The van der Waals surface area contributed by atoms with E-state index in [4.69, 9.17) is 10.1 Å². The van der Waals surface area contributed by atoms with E-state index in [0.29, 0.717) is 11.3 Å². The van der Waals surface area contributed by atoms with Gasteiger partial charge in [0.2, 0.25) is 0 Å². The molecule has 0 unspecified atom stereocenters. The number of amides is 1. The van der Waals surface area contributed by atoms with Crippen LogP contribution in [-0.2, 0) is 0 Å². The summed E-state index contributed by atoms with van der Waals surface area (Å²) in [6.45, 7) is 0. The maximum atomic E-state index is 11.5. The summed E-state index contributed by atoms with van der Waals surface area (Å²) in [7, 11) is 0. The van der Waals surface area contributed by atoms with E-state index in [9.17, 15) is 4.79 Å². The molecule has 0 saturated heterocycles. The second-order valence-electron chi connectivity index (χ2n) is 3.49. The minimum atomic E-state index is -0.681. The average molecular weight is 239 g/mol.